The van der Waals surface area contributed by atoms with E-state index in [1.807, 2.05) is 21.1 Å². The average Bonchev–Trinajstić information content (AvgIpc) is 3.02. The summed E-state index contributed by atoms with van der Waals surface area (Å²) in [5.41, 5.74) is 0. The van der Waals surface area contributed by atoms with Gasteiger partial charge in [0, 0.05) is 12.8 Å². The molecule has 47 heavy (non-hydrogen) atoms. The summed E-state index contributed by atoms with van der Waals surface area (Å²) in [6, 6.07) is 0. The van der Waals surface area contributed by atoms with Crippen molar-refractivity contribution in [3.05, 3.63) is 24.3 Å². The molecule has 0 heterocycles. The number of likely N-dealkylation sites (N-methyl/N-ethyl adjacent to an activating group) is 1. The van der Waals surface area contributed by atoms with Crippen LogP contribution in [0.25, 0.3) is 0 Å². The van der Waals surface area contributed by atoms with E-state index < -0.39 is 24.3 Å². The lowest BCUT2D eigenvalue weighted by Crippen LogP contribution is -2.40. The van der Waals surface area contributed by atoms with Crippen LogP contribution in [-0.2, 0) is 33.3 Å². The summed E-state index contributed by atoms with van der Waals surface area (Å²) >= 11 is 0. The molecule has 0 fully saturated rings. The Morgan fingerprint density at radius 2 is 1.19 bits per heavy atom. The third kappa shape index (κ3) is 32.1. The summed E-state index contributed by atoms with van der Waals surface area (Å²) in [5.74, 6) is -2.03. The maximum atomic E-state index is 12.6. The first kappa shape index (κ1) is 44.8. The van der Waals surface area contributed by atoms with Crippen molar-refractivity contribution in [2.75, 3.05) is 47.5 Å². The highest BCUT2D eigenvalue weighted by molar-refractivity contribution is 5.71. The number of carboxylic acids is 1. The van der Waals surface area contributed by atoms with Crippen molar-refractivity contribution in [2.24, 2.45) is 0 Å². The Morgan fingerprint density at radius 1 is 0.638 bits per heavy atom. The summed E-state index contributed by atoms with van der Waals surface area (Å²) in [5, 5.41) is 9.56. The molecule has 0 aromatic heterocycles. The maximum absolute atomic E-state index is 12.6. The van der Waals surface area contributed by atoms with Crippen molar-refractivity contribution in [1.29, 1.82) is 0 Å². The zero-order valence-electron chi connectivity index (χ0n) is 30.7. The van der Waals surface area contributed by atoms with Crippen molar-refractivity contribution in [2.45, 2.75) is 155 Å². The van der Waals surface area contributed by atoms with Crippen LogP contribution in [0.5, 0.6) is 0 Å². The number of unbranched alkanes of at least 4 members (excludes halogenated alkanes) is 14. The smallest absolute Gasteiger partial charge is 0.361 e. The molecule has 0 saturated carbocycles. The van der Waals surface area contributed by atoms with E-state index in [0.717, 1.165) is 64.2 Å². The summed E-state index contributed by atoms with van der Waals surface area (Å²) < 4.78 is 22.5. The number of aliphatic carboxylic acids is 1. The molecule has 0 saturated heterocycles. The molecule has 0 rings (SSSR count). The highest BCUT2D eigenvalue weighted by Gasteiger charge is 2.25. The Morgan fingerprint density at radius 3 is 1.77 bits per heavy atom. The molecule has 9 heteroatoms. The fraction of sp³-hybridized carbons (Fsp3) is 0.816. The lowest BCUT2D eigenvalue weighted by Gasteiger charge is -2.25. The molecule has 9 nitrogen and oxygen atoms in total. The highest BCUT2D eigenvalue weighted by Crippen LogP contribution is 2.13. The summed E-state index contributed by atoms with van der Waals surface area (Å²) in [7, 11) is 5.93. The standard InChI is InChI=1S/C38H69NO8/c1-6-8-10-12-14-16-17-18-19-21-23-25-27-29-36(41)47-34(33-46-38(37(42)43)44-31-30-39(3,4)5)32-45-35(40)28-26-24-22-20-15-13-11-9-7-2/h10,12,16-17,34,38H,6-9,11,13-15,18-33H2,1-5H3/p+1/b12-10-,17-16-. The largest absolute Gasteiger partial charge is 0.477 e. The van der Waals surface area contributed by atoms with Crippen LogP contribution in [0.3, 0.4) is 0 Å². The molecule has 274 valence electrons. The van der Waals surface area contributed by atoms with Gasteiger partial charge in [-0.2, -0.15) is 0 Å². The van der Waals surface area contributed by atoms with E-state index in [4.69, 9.17) is 18.9 Å². The average molecular weight is 669 g/mol. The number of carboxylic acid groups (broad SMARTS) is 1. The van der Waals surface area contributed by atoms with Gasteiger partial charge in [-0.1, -0.05) is 115 Å². The number of esters is 2. The predicted octanol–water partition coefficient (Wildman–Crippen LogP) is 8.55. The third-order valence-electron chi connectivity index (χ3n) is 7.69. The first-order chi connectivity index (χ1) is 22.6. The minimum atomic E-state index is -1.51. The fourth-order valence-electron chi connectivity index (χ4n) is 4.75. The Kier molecular flexibility index (Phi) is 29.6. The van der Waals surface area contributed by atoms with Crippen LogP contribution in [0.4, 0.5) is 0 Å². The Balaban J connectivity index is 4.59. The van der Waals surface area contributed by atoms with E-state index >= 15 is 0 Å². The first-order valence-electron chi connectivity index (χ1n) is 18.5. The van der Waals surface area contributed by atoms with Crippen molar-refractivity contribution in [3.63, 3.8) is 0 Å². The summed E-state index contributed by atoms with van der Waals surface area (Å²) in [6.07, 6.45) is 26.7. The zero-order valence-corrected chi connectivity index (χ0v) is 30.7. The number of allylic oxidation sites excluding steroid dienone is 4. The van der Waals surface area contributed by atoms with Crippen molar-refractivity contribution in [1.82, 2.24) is 0 Å². The lowest BCUT2D eigenvalue weighted by atomic mass is 10.1. The Bertz CT molecular complexity index is 836. The molecule has 0 aliphatic heterocycles. The van der Waals surface area contributed by atoms with E-state index in [0.29, 0.717) is 23.9 Å². The van der Waals surface area contributed by atoms with E-state index in [9.17, 15) is 19.5 Å². The molecule has 0 amide bonds. The van der Waals surface area contributed by atoms with E-state index in [1.165, 1.54) is 44.9 Å². The van der Waals surface area contributed by atoms with Crippen LogP contribution in [-0.4, -0.2) is 87.4 Å². The monoisotopic (exact) mass is 669 g/mol. The molecular weight excluding hydrogens is 598 g/mol. The second-order valence-corrected chi connectivity index (χ2v) is 13.5. The number of carbonyl (C=O) groups is 3. The van der Waals surface area contributed by atoms with Gasteiger partial charge in [-0.15, -0.1) is 0 Å². The van der Waals surface area contributed by atoms with Crippen LogP contribution < -0.4 is 0 Å². The number of ether oxygens (including phenoxy) is 4. The molecule has 2 atom stereocenters. The van der Waals surface area contributed by atoms with E-state index in [2.05, 4.69) is 38.2 Å². The second-order valence-electron chi connectivity index (χ2n) is 13.5. The molecule has 0 aliphatic carbocycles. The lowest BCUT2D eigenvalue weighted by molar-refractivity contribution is -0.870. The van der Waals surface area contributed by atoms with Gasteiger partial charge in [0.2, 0.25) is 0 Å². The van der Waals surface area contributed by atoms with E-state index in [1.54, 1.807) is 0 Å². The highest BCUT2D eigenvalue weighted by atomic mass is 16.7. The van der Waals surface area contributed by atoms with Crippen LogP contribution in [0.2, 0.25) is 0 Å². The van der Waals surface area contributed by atoms with Crippen molar-refractivity contribution < 1.29 is 42.9 Å². The van der Waals surface area contributed by atoms with Crippen LogP contribution in [0, 0.1) is 0 Å². The molecule has 0 aliphatic rings. The van der Waals surface area contributed by atoms with Gasteiger partial charge in [-0.3, -0.25) is 9.59 Å². The molecular formula is C38H70NO8+. The molecule has 0 bridgehead atoms. The maximum Gasteiger partial charge on any atom is 0.361 e. The number of hydrogen-bond donors (Lipinski definition) is 1. The number of rotatable bonds is 33. The zero-order chi connectivity index (χ0) is 35.0. The molecule has 1 N–H and O–H groups in total. The van der Waals surface area contributed by atoms with Crippen LogP contribution >= 0.6 is 0 Å². The quantitative estimate of drug-likeness (QED) is 0.0244. The SMILES string of the molecule is CCC/C=C\C/C=C\CCCCCCCC(=O)OC(COC(=O)CCCCCCCCCCC)COC(OCC[N+](C)(C)C)C(=O)O. The molecule has 0 aromatic carbocycles. The van der Waals surface area contributed by atoms with Gasteiger partial charge in [0.1, 0.15) is 13.2 Å². The minimum absolute atomic E-state index is 0.185. The van der Waals surface area contributed by atoms with Gasteiger partial charge in [-0.05, 0) is 38.5 Å². The van der Waals surface area contributed by atoms with Gasteiger partial charge in [0.15, 0.2) is 6.10 Å². The molecule has 0 spiro atoms. The predicted molar refractivity (Wildman–Crippen MR) is 189 cm³/mol. The van der Waals surface area contributed by atoms with Crippen molar-refractivity contribution >= 4 is 17.9 Å². The van der Waals surface area contributed by atoms with Crippen molar-refractivity contribution in [3.8, 4) is 0 Å². The molecule has 2 unspecified atom stereocenters. The molecule has 0 radical (unpaired) electrons. The summed E-state index contributed by atoms with van der Waals surface area (Å²) in [6.45, 7) is 4.74. The second kappa shape index (κ2) is 31.1. The number of hydrogen-bond acceptors (Lipinski definition) is 7. The Labute approximate surface area is 287 Å². The van der Waals surface area contributed by atoms with Gasteiger partial charge < -0.3 is 28.5 Å². The first-order valence-corrected chi connectivity index (χ1v) is 18.5. The number of quaternary nitrogens is 1. The number of nitrogens with zero attached hydrogens (tertiary/aromatic N) is 1. The fourth-order valence-corrected chi connectivity index (χ4v) is 4.75. The van der Waals surface area contributed by atoms with Gasteiger partial charge in [0.05, 0.1) is 34.4 Å². The van der Waals surface area contributed by atoms with E-state index in [-0.39, 0.29) is 32.2 Å². The van der Waals surface area contributed by atoms with Gasteiger partial charge in [0.25, 0.3) is 6.29 Å². The third-order valence-corrected chi connectivity index (χ3v) is 7.69. The normalized spacial score (nSPS) is 13.3. The number of carbonyl (C=O) groups excluding carboxylic acids is 2. The Hall–Kier alpha value is -2.23. The van der Waals surface area contributed by atoms with Gasteiger partial charge >= 0.3 is 17.9 Å². The minimum Gasteiger partial charge on any atom is -0.477 e. The summed E-state index contributed by atoms with van der Waals surface area (Å²) in [4.78, 5) is 36.7. The van der Waals surface area contributed by atoms with Gasteiger partial charge in [-0.25, -0.2) is 4.79 Å². The topological polar surface area (TPSA) is 108 Å². The molecule has 0 aromatic rings. The van der Waals surface area contributed by atoms with Crippen LogP contribution in [0.15, 0.2) is 24.3 Å². The van der Waals surface area contributed by atoms with Crippen LogP contribution in [0.1, 0.15) is 142 Å².